The van der Waals surface area contributed by atoms with Crippen molar-refractivity contribution >= 4 is 22.6 Å². The third-order valence-corrected chi connectivity index (χ3v) is 1.76. The standard InChI is InChI=1S/C9H9N3O/c1-6(13)12-8-3-4-10-7-2-5-11-9(7)8/h2-5,11H,1H3,(H,10,12,13). The van der Waals surface area contributed by atoms with Gasteiger partial charge in [0, 0.05) is 19.3 Å². The summed E-state index contributed by atoms with van der Waals surface area (Å²) in [6, 6.07) is 3.63. The molecule has 0 unspecified atom stereocenters. The summed E-state index contributed by atoms with van der Waals surface area (Å²) < 4.78 is 0. The van der Waals surface area contributed by atoms with Gasteiger partial charge in [0.25, 0.3) is 0 Å². The highest BCUT2D eigenvalue weighted by atomic mass is 16.1. The molecule has 4 heteroatoms. The molecule has 0 saturated carbocycles. The van der Waals surface area contributed by atoms with E-state index in [1.807, 2.05) is 6.07 Å². The van der Waals surface area contributed by atoms with Crippen LogP contribution < -0.4 is 5.32 Å². The quantitative estimate of drug-likeness (QED) is 0.690. The van der Waals surface area contributed by atoms with Crippen molar-refractivity contribution in [1.29, 1.82) is 0 Å². The van der Waals surface area contributed by atoms with E-state index in [2.05, 4.69) is 15.3 Å². The van der Waals surface area contributed by atoms with Crippen molar-refractivity contribution in [2.45, 2.75) is 6.92 Å². The molecule has 66 valence electrons. The van der Waals surface area contributed by atoms with Crippen molar-refractivity contribution in [3.8, 4) is 0 Å². The Kier molecular flexibility index (Phi) is 1.73. The van der Waals surface area contributed by atoms with E-state index >= 15 is 0 Å². The molecule has 0 aromatic carbocycles. The number of anilines is 1. The van der Waals surface area contributed by atoms with E-state index in [1.54, 1.807) is 18.5 Å². The Labute approximate surface area is 75.0 Å². The van der Waals surface area contributed by atoms with E-state index in [-0.39, 0.29) is 5.91 Å². The molecular weight excluding hydrogens is 166 g/mol. The van der Waals surface area contributed by atoms with Gasteiger partial charge in [0.05, 0.1) is 16.7 Å². The van der Waals surface area contributed by atoms with Gasteiger partial charge in [0.15, 0.2) is 0 Å². The molecule has 0 radical (unpaired) electrons. The van der Waals surface area contributed by atoms with Crippen LogP contribution in [0, 0.1) is 0 Å². The number of nitrogens with zero attached hydrogens (tertiary/aromatic N) is 1. The summed E-state index contributed by atoms with van der Waals surface area (Å²) >= 11 is 0. The molecule has 0 atom stereocenters. The predicted octanol–water partition coefficient (Wildman–Crippen LogP) is 1.52. The van der Waals surface area contributed by atoms with Gasteiger partial charge in [0.2, 0.25) is 5.91 Å². The zero-order valence-electron chi connectivity index (χ0n) is 7.16. The molecule has 1 amide bonds. The number of aromatic amines is 1. The van der Waals surface area contributed by atoms with Gasteiger partial charge < -0.3 is 10.3 Å². The Morgan fingerprint density at radius 2 is 2.38 bits per heavy atom. The Morgan fingerprint density at radius 1 is 1.54 bits per heavy atom. The van der Waals surface area contributed by atoms with Crippen LogP contribution in [0.25, 0.3) is 11.0 Å². The van der Waals surface area contributed by atoms with Crippen LogP contribution in [-0.4, -0.2) is 15.9 Å². The van der Waals surface area contributed by atoms with E-state index in [9.17, 15) is 4.79 Å². The number of rotatable bonds is 1. The number of fused-ring (bicyclic) bond motifs is 1. The van der Waals surface area contributed by atoms with E-state index in [4.69, 9.17) is 0 Å². The Bertz CT molecular complexity index is 447. The summed E-state index contributed by atoms with van der Waals surface area (Å²) in [5, 5.41) is 2.72. The molecule has 2 aromatic rings. The van der Waals surface area contributed by atoms with Gasteiger partial charge in [-0.25, -0.2) is 0 Å². The number of carbonyl (C=O) groups is 1. The zero-order chi connectivity index (χ0) is 9.26. The lowest BCUT2D eigenvalue weighted by Crippen LogP contribution is -2.06. The molecule has 0 bridgehead atoms. The first-order chi connectivity index (χ1) is 6.27. The van der Waals surface area contributed by atoms with Gasteiger partial charge in [-0.3, -0.25) is 9.78 Å². The number of H-pyrrole nitrogens is 1. The fraction of sp³-hybridized carbons (Fsp3) is 0.111. The second-order valence-electron chi connectivity index (χ2n) is 2.78. The highest BCUT2D eigenvalue weighted by Gasteiger charge is 2.02. The van der Waals surface area contributed by atoms with Gasteiger partial charge in [-0.1, -0.05) is 0 Å². The lowest BCUT2D eigenvalue weighted by molar-refractivity contribution is -0.114. The molecule has 0 saturated heterocycles. The monoisotopic (exact) mass is 175 g/mol. The topological polar surface area (TPSA) is 57.8 Å². The van der Waals surface area contributed by atoms with Crippen molar-refractivity contribution in [2.75, 3.05) is 5.32 Å². The van der Waals surface area contributed by atoms with Crippen LogP contribution in [0.1, 0.15) is 6.92 Å². The van der Waals surface area contributed by atoms with Crippen LogP contribution in [0.5, 0.6) is 0 Å². The lowest BCUT2D eigenvalue weighted by atomic mass is 10.3. The summed E-state index contributed by atoms with van der Waals surface area (Å²) in [4.78, 5) is 18.0. The van der Waals surface area contributed by atoms with Crippen molar-refractivity contribution in [3.63, 3.8) is 0 Å². The first kappa shape index (κ1) is 7.79. The van der Waals surface area contributed by atoms with Gasteiger partial charge in [-0.15, -0.1) is 0 Å². The molecule has 0 aliphatic rings. The SMILES string of the molecule is CC(=O)Nc1ccnc2cc[nH]c12. The van der Waals surface area contributed by atoms with E-state index in [0.29, 0.717) is 0 Å². The van der Waals surface area contributed by atoms with Crippen molar-refractivity contribution in [1.82, 2.24) is 9.97 Å². The largest absolute Gasteiger partial charge is 0.358 e. The Balaban J connectivity index is 2.54. The number of hydrogen-bond acceptors (Lipinski definition) is 2. The summed E-state index contributed by atoms with van der Waals surface area (Å²) in [5.74, 6) is -0.0814. The van der Waals surface area contributed by atoms with Gasteiger partial charge in [0.1, 0.15) is 0 Å². The summed E-state index contributed by atoms with van der Waals surface area (Å²) in [5.41, 5.74) is 2.48. The molecule has 2 rings (SSSR count). The smallest absolute Gasteiger partial charge is 0.221 e. The fourth-order valence-corrected chi connectivity index (χ4v) is 1.25. The van der Waals surface area contributed by atoms with Gasteiger partial charge in [-0.2, -0.15) is 0 Å². The second kappa shape index (κ2) is 2.90. The van der Waals surface area contributed by atoms with Crippen LogP contribution >= 0.6 is 0 Å². The summed E-state index contributed by atoms with van der Waals surface area (Å²) in [6.45, 7) is 1.48. The minimum atomic E-state index is -0.0814. The van der Waals surface area contributed by atoms with Crippen LogP contribution in [0.15, 0.2) is 24.5 Å². The zero-order valence-corrected chi connectivity index (χ0v) is 7.16. The molecule has 4 nitrogen and oxygen atoms in total. The van der Waals surface area contributed by atoms with Crippen molar-refractivity contribution in [2.24, 2.45) is 0 Å². The normalized spacial score (nSPS) is 10.2. The molecule has 0 aliphatic heterocycles. The van der Waals surface area contributed by atoms with E-state index < -0.39 is 0 Å². The number of hydrogen-bond donors (Lipinski definition) is 2. The molecule has 2 aromatic heterocycles. The molecule has 13 heavy (non-hydrogen) atoms. The number of carbonyl (C=O) groups excluding carboxylic acids is 1. The van der Waals surface area contributed by atoms with E-state index in [0.717, 1.165) is 16.7 Å². The second-order valence-corrected chi connectivity index (χ2v) is 2.78. The highest BCUT2D eigenvalue weighted by Crippen LogP contribution is 2.18. The lowest BCUT2D eigenvalue weighted by Gasteiger charge is -2.01. The predicted molar refractivity (Wildman–Crippen MR) is 50.4 cm³/mol. The molecular formula is C9H9N3O. The molecule has 0 aliphatic carbocycles. The maximum atomic E-state index is 10.8. The molecule has 2 heterocycles. The first-order valence-corrected chi connectivity index (χ1v) is 3.97. The average molecular weight is 175 g/mol. The maximum absolute atomic E-state index is 10.8. The first-order valence-electron chi connectivity index (χ1n) is 3.97. The Hall–Kier alpha value is -1.84. The van der Waals surface area contributed by atoms with Crippen LogP contribution in [0.3, 0.4) is 0 Å². The average Bonchev–Trinajstić information content (AvgIpc) is 2.51. The van der Waals surface area contributed by atoms with Gasteiger partial charge in [-0.05, 0) is 12.1 Å². The van der Waals surface area contributed by atoms with Gasteiger partial charge >= 0.3 is 0 Å². The highest BCUT2D eigenvalue weighted by molar-refractivity contribution is 5.98. The van der Waals surface area contributed by atoms with Crippen molar-refractivity contribution < 1.29 is 4.79 Å². The number of aromatic nitrogens is 2. The molecule has 0 fully saturated rings. The van der Waals surface area contributed by atoms with Crippen LogP contribution in [-0.2, 0) is 4.79 Å². The molecule has 0 spiro atoms. The third-order valence-electron chi connectivity index (χ3n) is 1.76. The summed E-state index contributed by atoms with van der Waals surface area (Å²) in [7, 11) is 0. The Morgan fingerprint density at radius 3 is 3.15 bits per heavy atom. The minimum absolute atomic E-state index is 0.0814. The minimum Gasteiger partial charge on any atom is -0.358 e. The van der Waals surface area contributed by atoms with E-state index in [1.165, 1.54) is 6.92 Å². The van der Waals surface area contributed by atoms with Crippen molar-refractivity contribution in [3.05, 3.63) is 24.5 Å². The summed E-state index contributed by atoms with van der Waals surface area (Å²) in [6.07, 6.45) is 3.46. The fourth-order valence-electron chi connectivity index (χ4n) is 1.25. The van der Waals surface area contributed by atoms with Crippen LogP contribution in [0.4, 0.5) is 5.69 Å². The van der Waals surface area contributed by atoms with Crippen LogP contribution in [0.2, 0.25) is 0 Å². The number of pyridine rings is 1. The molecule has 2 N–H and O–H groups in total. The number of nitrogens with one attached hydrogen (secondary N) is 2. The maximum Gasteiger partial charge on any atom is 0.221 e. The third kappa shape index (κ3) is 1.38. The number of amides is 1.